The molecule has 34 heavy (non-hydrogen) atoms. The minimum Gasteiger partial charge on any atom is -0.309 e. The van der Waals surface area contributed by atoms with E-state index in [0.717, 1.165) is 17.7 Å². The van der Waals surface area contributed by atoms with Crippen LogP contribution in [0.15, 0.2) is 65.7 Å². The molecular formula is C22H22FN5O5S. The number of hydrogen-bond acceptors (Lipinski definition) is 6. The normalized spacial score (nSPS) is 15.2. The fourth-order valence-electron chi connectivity index (χ4n) is 3.77. The van der Waals surface area contributed by atoms with Gasteiger partial charge in [-0.2, -0.15) is 9.40 Å². The molecule has 1 saturated heterocycles. The number of rotatable bonds is 7. The summed E-state index contributed by atoms with van der Waals surface area (Å²) in [5.74, 6) is -0.540. The van der Waals surface area contributed by atoms with Crippen molar-refractivity contribution in [3.8, 4) is 0 Å². The Morgan fingerprint density at radius 1 is 1.09 bits per heavy atom. The summed E-state index contributed by atoms with van der Waals surface area (Å²) in [4.78, 5) is 22.8. The number of non-ortho nitro benzene ring substituents is 1. The van der Waals surface area contributed by atoms with Crippen LogP contribution in [-0.2, 0) is 21.4 Å². The minimum absolute atomic E-state index is 0.0207. The third kappa shape index (κ3) is 5.29. The molecule has 1 fully saturated rings. The lowest BCUT2D eigenvalue weighted by atomic mass is 9.97. The van der Waals surface area contributed by atoms with E-state index in [1.54, 1.807) is 29.1 Å². The van der Waals surface area contributed by atoms with Gasteiger partial charge in [-0.05, 0) is 42.7 Å². The zero-order chi connectivity index (χ0) is 24.3. The number of carbonyl (C=O) groups excluding carboxylic acids is 1. The van der Waals surface area contributed by atoms with Crippen LogP contribution in [-0.4, -0.2) is 46.4 Å². The highest BCUT2D eigenvalue weighted by molar-refractivity contribution is 7.89. The van der Waals surface area contributed by atoms with E-state index in [1.807, 2.05) is 0 Å². The van der Waals surface area contributed by atoms with Gasteiger partial charge in [-0.1, -0.05) is 12.1 Å². The monoisotopic (exact) mass is 487 g/mol. The maximum absolute atomic E-state index is 13.0. The fraction of sp³-hybridized carbons (Fsp3) is 0.273. The van der Waals surface area contributed by atoms with Gasteiger partial charge in [-0.15, -0.1) is 0 Å². The van der Waals surface area contributed by atoms with Gasteiger partial charge in [0.15, 0.2) is 5.82 Å². The van der Waals surface area contributed by atoms with E-state index in [0.29, 0.717) is 25.2 Å². The molecule has 1 amide bonds. The third-order valence-corrected chi connectivity index (χ3v) is 7.57. The number of amides is 1. The van der Waals surface area contributed by atoms with Crippen LogP contribution in [0.3, 0.4) is 0 Å². The van der Waals surface area contributed by atoms with Crippen molar-refractivity contribution in [1.29, 1.82) is 0 Å². The second kappa shape index (κ2) is 9.69. The van der Waals surface area contributed by atoms with Crippen LogP contribution in [0, 0.1) is 21.8 Å². The number of nitrogens with one attached hydrogen (secondary N) is 1. The number of nitro groups is 1. The molecule has 0 unspecified atom stereocenters. The van der Waals surface area contributed by atoms with Gasteiger partial charge in [0, 0.05) is 43.4 Å². The number of nitrogens with zero attached hydrogens (tertiary/aromatic N) is 4. The first kappa shape index (κ1) is 23.5. The van der Waals surface area contributed by atoms with E-state index < -0.39 is 14.9 Å². The van der Waals surface area contributed by atoms with Gasteiger partial charge < -0.3 is 5.32 Å². The molecule has 0 radical (unpaired) electrons. The molecule has 0 saturated carbocycles. The first-order chi connectivity index (χ1) is 16.2. The molecule has 2 aromatic carbocycles. The number of nitro benzene ring substituents is 1. The Bertz CT molecular complexity index is 1280. The largest absolute Gasteiger partial charge is 0.309 e. The van der Waals surface area contributed by atoms with Gasteiger partial charge in [0.05, 0.1) is 16.4 Å². The molecule has 178 valence electrons. The van der Waals surface area contributed by atoms with Crippen molar-refractivity contribution in [3.63, 3.8) is 0 Å². The highest BCUT2D eigenvalue weighted by Crippen LogP contribution is 2.26. The van der Waals surface area contributed by atoms with Crippen molar-refractivity contribution in [2.45, 2.75) is 24.3 Å². The number of piperidine rings is 1. The number of sulfonamides is 1. The number of halogens is 1. The molecular weight excluding hydrogens is 465 g/mol. The van der Waals surface area contributed by atoms with Crippen LogP contribution in [0.5, 0.6) is 0 Å². The molecule has 1 aromatic heterocycles. The number of benzene rings is 2. The van der Waals surface area contributed by atoms with Gasteiger partial charge in [0.25, 0.3) is 5.69 Å². The molecule has 0 atom stereocenters. The Kier molecular flexibility index (Phi) is 6.70. The van der Waals surface area contributed by atoms with Crippen LogP contribution >= 0.6 is 0 Å². The Labute approximate surface area is 195 Å². The number of aromatic nitrogens is 2. The van der Waals surface area contributed by atoms with E-state index in [-0.39, 0.29) is 41.3 Å². The molecule has 0 aliphatic carbocycles. The average molecular weight is 488 g/mol. The van der Waals surface area contributed by atoms with Gasteiger partial charge in [-0.25, -0.2) is 12.8 Å². The SMILES string of the molecule is O=C(Nc1ccn(Cc2ccc(F)cc2)n1)C1CCN(S(=O)(=O)c2ccc([N+](=O)[O-])cc2)CC1. The van der Waals surface area contributed by atoms with E-state index in [2.05, 4.69) is 10.4 Å². The topological polar surface area (TPSA) is 127 Å². The molecule has 1 aliphatic rings. The zero-order valence-corrected chi connectivity index (χ0v) is 18.8. The third-order valence-electron chi connectivity index (χ3n) is 5.66. The summed E-state index contributed by atoms with van der Waals surface area (Å²) >= 11 is 0. The highest BCUT2D eigenvalue weighted by atomic mass is 32.2. The maximum atomic E-state index is 13.0. The van der Waals surface area contributed by atoms with E-state index in [9.17, 15) is 27.7 Å². The summed E-state index contributed by atoms with van der Waals surface area (Å²) in [5.41, 5.74) is 0.679. The Morgan fingerprint density at radius 3 is 2.35 bits per heavy atom. The van der Waals surface area contributed by atoms with Crippen molar-refractivity contribution < 1.29 is 22.5 Å². The second-order valence-electron chi connectivity index (χ2n) is 7.94. The summed E-state index contributed by atoms with van der Waals surface area (Å²) in [6.07, 6.45) is 2.39. The van der Waals surface area contributed by atoms with E-state index in [1.165, 1.54) is 28.6 Å². The molecule has 12 heteroatoms. The lowest BCUT2D eigenvalue weighted by Crippen LogP contribution is -2.41. The number of carbonyl (C=O) groups is 1. The fourth-order valence-corrected chi connectivity index (χ4v) is 5.24. The van der Waals surface area contributed by atoms with Gasteiger partial charge in [0.2, 0.25) is 15.9 Å². The Hall–Kier alpha value is -3.64. The van der Waals surface area contributed by atoms with Crippen molar-refractivity contribution in [3.05, 3.63) is 82.3 Å². The summed E-state index contributed by atoms with van der Waals surface area (Å²) in [7, 11) is -3.80. The molecule has 4 rings (SSSR count). The summed E-state index contributed by atoms with van der Waals surface area (Å²) < 4.78 is 41.6. The van der Waals surface area contributed by atoms with Gasteiger partial charge in [0.1, 0.15) is 5.82 Å². The quantitative estimate of drug-likeness (QED) is 0.403. The Morgan fingerprint density at radius 2 is 1.74 bits per heavy atom. The standard InChI is InChI=1S/C22H22FN5O5S/c23-18-3-1-16(2-4-18)15-26-12-11-21(25-26)24-22(29)17-9-13-27(14-10-17)34(32,33)20-7-5-19(6-8-20)28(30)31/h1-8,11-12,17H,9-10,13-15H2,(H,24,25,29). The second-order valence-corrected chi connectivity index (χ2v) is 9.88. The zero-order valence-electron chi connectivity index (χ0n) is 18.0. The first-order valence-corrected chi connectivity index (χ1v) is 12.0. The van der Waals surface area contributed by atoms with Crippen LogP contribution in [0.2, 0.25) is 0 Å². The molecule has 3 aromatic rings. The smallest absolute Gasteiger partial charge is 0.269 e. The van der Waals surface area contributed by atoms with E-state index in [4.69, 9.17) is 0 Å². The molecule has 2 heterocycles. The maximum Gasteiger partial charge on any atom is 0.269 e. The molecule has 0 bridgehead atoms. The summed E-state index contributed by atoms with van der Waals surface area (Å²) in [6.45, 7) is 0.752. The predicted octanol–water partition coefficient (Wildman–Crippen LogP) is 3.02. The minimum atomic E-state index is -3.80. The lowest BCUT2D eigenvalue weighted by Gasteiger charge is -2.30. The van der Waals surface area contributed by atoms with Crippen molar-refractivity contribution >= 4 is 27.4 Å². The molecule has 10 nitrogen and oxygen atoms in total. The van der Waals surface area contributed by atoms with Crippen LogP contribution in [0.1, 0.15) is 18.4 Å². The van der Waals surface area contributed by atoms with Crippen LogP contribution in [0.25, 0.3) is 0 Å². The molecule has 1 N–H and O–H groups in total. The molecule has 1 aliphatic heterocycles. The number of hydrogen-bond donors (Lipinski definition) is 1. The summed E-state index contributed by atoms with van der Waals surface area (Å²) in [5, 5.41) is 17.9. The first-order valence-electron chi connectivity index (χ1n) is 10.6. The van der Waals surface area contributed by atoms with E-state index >= 15 is 0 Å². The molecule has 0 spiro atoms. The van der Waals surface area contributed by atoms with Gasteiger partial charge in [-0.3, -0.25) is 19.6 Å². The van der Waals surface area contributed by atoms with Crippen molar-refractivity contribution in [2.24, 2.45) is 5.92 Å². The Balaban J connectivity index is 1.31. The highest BCUT2D eigenvalue weighted by Gasteiger charge is 2.32. The van der Waals surface area contributed by atoms with Crippen LogP contribution < -0.4 is 5.32 Å². The average Bonchev–Trinajstić information content (AvgIpc) is 3.27. The number of anilines is 1. The van der Waals surface area contributed by atoms with Crippen LogP contribution in [0.4, 0.5) is 15.9 Å². The van der Waals surface area contributed by atoms with Crippen molar-refractivity contribution in [1.82, 2.24) is 14.1 Å². The van der Waals surface area contributed by atoms with Crippen molar-refractivity contribution in [2.75, 3.05) is 18.4 Å². The lowest BCUT2D eigenvalue weighted by molar-refractivity contribution is -0.384. The summed E-state index contributed by atoms with van der Waals surface area (Å²) in [6, 6.07) is 12.5. The van der Waals surface area contributed by atoms with Gasteiger partial charge >= 0.3 is 0 Å². The predicted molar refractivity (Wildman–Crippen MR) is 121 cm³/mol.